The summed E-state index contributed by atoms with van der Waals surface area (Å²) in [5, 5.41) is 31.0. The first-order valence-electron chi connectivity index (χ1n) is 21.7. The molecule has 0 unspecified atom stereocenters. The third-order valence-corrected chi connectivity index (χ3v) is 13.9. The Morgan fingerprint density at radius 2 is 1.68 bits per heavy atom. The van der Waals surface area contributed by atoms with Gasteiger partial charge in [-0.15, -0.1) is 0 Å². The third kappa shape index (κ3) is 9.47. The number of amides is 2. The number of benzene rings is 2. The van der Waals surface area contributed by atoms with Crippen LogP contribution < -0.4 is 10.6 Å². The highest BCUT2D eigenvalue weighted by molar-refractivity contribution is 6.01. The number of allylic oxidation sites excluding steroid dienone is 4. The van der Waals surface area contributed by atoms with Gasteiger partial charge in [0.1, 0.15) is 17.8 Å². The summed E-state index contributed by atoms with van der Waals surface area (Å²) in [6.07, 6.45) is 8.83. The van der Waals surface area contributed by atoms with Crippen LogP contribution in [0.4, 0.5) is 10.5 Å². The molecule has 4 N–H and O–H groups in total. The summed E-state index contributed by atoms with van der Waals surface area (Å²) in [7, 11) is 0. The summed E-state index contributed by atoms with van der Waals surface area (Å²) < 4.78 is 16.1. The molecule has 334 valence electrons. The molecule has 0 spiro atoms. The highest BCUT2D eigenvalue weighted by Crippen LogP contribution is 2.67. The number of aliphatic hydroxyl groups is 2. The van der Waals surface area contributed by atoms with Crippen LogP contribution in [0.3, 0.4) is 0 Å². The summed E-state index contributed by atoms with van der Waals surface area (Å²) in [4.78, 5) is 81.5. The van der Waals surface area contributed by atoms with E-state index in [2.05, 4.69) is 22.5 Å². The number of aliphatic hydroxyl groups excluding tert-OH is 1. The maximum absolute atomic E-state index is 13.7. The van der Waals surface area contributed by atoms with Gasteiger partial charge in [-0.25, -0.2) is 4.79 Å². The molecule has 3 aromatic rings. The van der Waals surface area contributed by atoms with Gasteiger partial charge in [0, 0.05) is 46.8 Å². The van der Waals surface area contributed by atoms with E-state index in [1.807, 2.05) is 31.2 Å². The number of aromatic nitrogens is 1. The van der Waals surface area contributed by atoms with Gasteiger partial charge in [0.2, 0.25) is 11.7 Å². The van der Waals surface area contributed by atoms with Gasteiger partial charge in [0.25, 0.3) is 0 Å². The molecule has 4 aliphatic carbocycles. The lowest BCUT2D eigenvalue weighted by Crippen LogP contribution is -2.61. The molecule has 0 bridgehead atoms. The van der Waals surface area contributed by atoms with Crippen LogP contribution in [0.5, 0.6) is 0 Å². The summed E-state index contributed by atoms with van der Waals surface area (Å²) in [6, 6.07) is 14.1. The number of pyridine rings is 1. The van der Waals surface area contributed by atoms with E-state index in [4.69, 9.17) is 14.2 Å². The van der Waals surface area contributed by atoms with Crippen LogP contribution >= 0.6 is 0 Å². The highest BCUT2D eigenvalue weighted by Gasteiger charge is 2.68. The van der Waals surface area contributed by atoms with Crippen molar-refractivity contribution in [2.24, 2.45) is 28.6 Å². The number of alkyl carbamates (subject to hydrolysis) is 1. The largest absolute Gasteiger partial charge is 0.461 e. The van der Waals surface area contributed by atoms with Gasteiger partial charge in [-0.1, -0.05) is 55.8 Å². The van der Waals surface area contributed by atoms with Crippen molar-refractivity contribution in [3.05, 3.63) is 95.9 Å². The molecule has 4 aliphatic rings. The van der Waals surface area contributed by atoms with E-state index in [-0.39, 0.29) is 68.3 Å². The highest BCUT2D eigenvalue weighted by atomic mass is 16.6. The quantitative estimate of drug-likeness (QED) is 0.108. The number of ketones is 2. The Bertz CT molecular complexity index is 2350. The molecule has 14 nitrogen and oxygen atoms in total. The molecular weight excluding hydrogens is 807 g/mol. The van der Waals surface area contributed by atoms with Crippen LogP contribution in [0.2, 0.25) is 0 Å². The van der Waals surface area contributed by atoms with E-state index < -0.39 is 64.5 Å². The number of nitrogens with zero attached hydrogens (tertiary/aromatic N) is 1. The zero-order chi connectivity index (χ0) is 45.3. The van der Waals surface area contributed by atoms with Crippen molar-refractivity contribution in [3.63, 3.8) is 0 Å². The topological polar surface area (TPSA) is 208 Å². The number of Topliss-reactive ketones (excluding diaryl/α,β-unsaturated/α-hetero) is 1. The van der Waals surface area contributed by atoms with Gasteiger partial charge >= 0.3 is 18.0 Å². The van der Waals surface area contributed by atoms with E-state index in [0.29, 0.717) is 29.7 Å². The van der Waals surface area contributed by atoms with E-state index in [9.17, 15) is 39.0 Å². The Morgan fingerprint density at radius 1 is 0.952 bits per heavy atom. The van der Waals surface area contributed by atoms with Gasteiger partial charge in [-0.05, 0) is 112 Å². The molecular formula is C49H57N3O11. The predicted molar refractivity (Wildman–Crippen MR) is 232 cm³/mol. The molecule has 7 rings (SSSR count). The van der Waals surface area contributed by atoms with Crippen molar-refractivity contribution in [3.8, 4) is 0 Å². The standard InChI is InChI=1S/C49H57N3O11/c1-46(2,3)63-45(59)51-26-37(44(58)52-34-12-10-32-25-50-21-18-31(32)22-34)30-8-6-29(7-9-30)27-61-41(56)14-15-42(57)62-28-40(55)49(60)20-17-38-36-13-11-33-23-35(53)16-19-47(33,4)43(36)39(54)24-48(38,49)5/h6-10,12,16,18-19,21-23,25,36-39,43,54,60H,11,13-15,17,20,24,26-28H2,1-5H3,(H,51,59)(H,52,58)/t36-,37+,38-,39-,43+,47-,48-,49-/m0/s1. The van der Waals surface area contributed by atoms with Crippen LogP contribution in [0.1, 0.15) is 96.6 Å². The van der Waals surface area contributed by atoms with Crippen molar-refractivity contribution in [2.75, 3.05) is 18.5 Å². The van der Waals surface area contributed by atoms with Crippen LogP contribution in [-0.2, 0) is 44.8 Å². The van der Waals surface area contributed by atoms with Crippen molar-refractivity contribution in [2.45, 2.75) is 109 Å². The van der Waals surface area contributed by atoms with Crippen LogP contribution in [0.15, 0.2) is 84.7 Å². The lowest BCUT2D eigenvalue weighted by Gasteiger charge is -2.59. The van der Waals surface area contributed by atoms with Crippen LogP contribution in [-0.4, -0.2) is 81.2 Å². The number of anilines is 1. The van der Waals surface area contributed by atoms with Gasteiger partial charge in [-0.2, -0.15) is 0 Å². The fraction of sp³-hybridized carbons (Fsp3) is 0.490. The first-order chi connectivity index (χ1) is 29.8. The third-order valence-electron chi connectivity index (χ3n) is 13.9. The van der Waals surface area contributed by atoms with Crippen LogP contribution in [0.25, 0.3) is 10.8 Å². The van der Waals surface area contributed by atoms with Gasteiger partial charge < -0.3 is 35.1 Å². The number of hydrogen-bond donors (Lipinski definition) is 4. The molecule has 63 heavy (non-hydrogen) atoms. The Morgan fingerprint density at radius 3 is 2.41 bits per heavy atom. The van der Waals surface area contributed by atoms with Gasteiger partial charge in [0.05, 0.1) is 24.9 Å². The SMILES string of the molecule is CC(C)(C)OC(=O)NC[C@@H](C(=O)Nc1ccc2cnccc2c1)c1ccc(COC(=O)CCC(=O)OCC(=O)[C@@]2(O)CC[C@H]3[C@@H]4CCC5=CC(=O)C=C[C@]5(C)[C@H]4[C@@H](O)C[C@@]32C)cc1. The molecule has 1 aromatic heterocycles. The summed E-state index contributed by atoms with van der Waals surface area (Å²) in [5.74, 6) is -3.48. The van der Waals surface area contributed by atoms with Crippen molar-refractivity contribution in [1.82, 2.24) is 10.3 Å². The van der Waals surface area contributed by atoms with E-state index in [0.717, 1.165) is 22.8 Å². The summed E-state index contributed by atoms with van der Waals surface area (Å²) in [6.45, 7) is 8.31. The average Bonchev–Trinajstić information content (AvgIpc) is 3.51. The molecule has 1 heterocycles. The first kappa shape index (κ1) is 45.3. The Hall–Kier alpha value is -5.73. The van der Waals surface area contributed by atoms with E-state index >= 15 is 0 Å². The lowest BCUT2D eigenvalue weighted by atomic mass is 9.46. The van der Waals surface area contributed by atoms with Gasteiger partial charge in [0.15, 0.2) is 12.4 Å². The Balaban J connectivity index is 0.895. The molecule has 0 aliphatic heterocycles. The fourth-order valence-electron chi connectivity index (χ4n) is 10.7. The van der Waals surface area contributed by atoms with E-state index in [1.54, 1.807) is 75.6 Å². The average molecular weight is 864 g/mol. The van der Waals surface area contributed by atoms with Crippen molar-refractivity contribution >= 4 is 52.0 Å². The molecule has 14 heteroatoms. The molecule has 3 fully saturated rings. The number of hydrogen-bond acceptors (Lipinski definition) is 12. The van der Waals surface area contributed by atoms with Crippen LogP contribution in [0, 0.1) is 28.6 Å². The number of esters is 2. The molecule has 0 saturated heterocycles. The van der Waals surface area contributed by atoms with E-state index in [1.165, 1.54) is 0 Å². The smallest absolute Gasteiger partial charge is 0.407 e. The molecule has 2 aromatic carbocycles. The van der Waals surface area contributed by atoms with Crippen molar-refractivity contribution in [1.29, 1.82) is 0 Å². The molecule has 3 saturated carbocycles. The first-order valence-corrected chi connectivity index (χ1v) is 21.7. The number of ether oxygens (including phenoxy) is 3. The molecule has 0 radical (unpaired) electrons. The maximum atomic E-state index is 13.7. The second-order valence-electron chi connectivity index (χ2n) is 19.0. The summed E-state index contributed by atoms with van der Waals surface area (Å²) >= 11 is 0. The zero-order valence-electron chi connectivity index (χ0n) is 36.5. The number of carbonyl (C=O) groups is 6. The maximum Gasteiger partial charge on any atom is 0.407 e. The Labute approximate surface area is 366 Å². The Kier molecular flexibility index (Phi) is 12.8. The molecule has 2 amide bonds. The minimum Gasteiger partial charge on any atom is -0.461 e. The zero-order valence-corrected chi connectivity index (χ0v) is 36.5. The second kappa shape index (κ2) is 17.8. The minimum absolute atomic E-state index is 0.0311. The van der Waals surface area contributed by atoms with Gasteiger partial charge in [-0.3, -0.25) is 29.0 Å². The number of fused-ring (bicyclic) bond motifs is 6. The predicted octanol–water partition coefficient (Wildman–Crippen LogP) is 6.43. The molecule has 8 atom stereocenters. The minimum atomic E-state index is -1.80. The second-order valence-corrected chi connectivity index (χ2v) is 19.0. The summed E-state index contributed by atoms with van der Waals surface area (Å²) in [5.41, 5.74) is -1.16. The van der Waals surface area contributed by atoms with Crippen molar-refractivity contribution < 1.29 is 53.2 Å². The number of nitrogens with one attached hydrogen (secondary N) is 2. The number of rotatable bonds is 13. The monoisotopic (exact) mass is 863 g/mol. The lowest BCUT2D eigenvalue weighted by molar-refractivity contribution is -0.181. The normalized spacial score (nSPS) is 27.8. The fourth-order valence-corrected chi connectivity index (χ4v) is 10.7. The number of carbonyl (C=O) groups excluding carboxylic acids is 6.